The minimum atomic E-state index is -0.861. The highest BCUT2D eigenvalue weighted by Crippen LogP contribution is 2.37. The maximum atomic E-state index is 14.6. The molecule has 0 bridgehead atoms. The third kappa shape index (κ3) is 3.90. The van der Waals surface area contributed by atoms with Crippen LogP contribution in [0.2, 0.25) is 0 Å². The molecule has 2 aromatic carbocycles. The first-order valence-corrected chi connectivity index (χ1v) is 10.1. The number of nitrogens with one attached hydrogen (secondary N) is 1. The number of nitrogens with zero attached hydrogens (tertiary/aromatic N) is 5. The van der Waals surface area contributed by atoms with Gasteiger partial charge in [0.15, 0.2) is 5.82 Å². The van der Waals surface area contributed by atoms with Crippen molar-refractivity contribution in [1.29, 1.82) is 0 Å². The summed E-state index contributed by atoms with van der Waals surface area (Å²) in [5.41, 5.74) is 0.588. The number of piperidine rings is 1. The second kappa shape index (κ2) is 8.25. The molecule has 8 nitrogen and oxygen atoms in total. The number of likely N-dealkylation sites (tertiary alicyclic amines) is 1. The number of hydrogen-bond acceptors (Lipinski definition) is 5. The largest absolute Gasteiger partial charge is 0.343 e. The Kier molecular flexibility index (Phi) is 5.50. The van der Waals surface area contributed by atoms with Crippen molar-refractivity contribution in [2.75, 3.05) is 18.4 Å². The zero-order valence-electron chi connectivity index (χ0n) is 17.4. The van der Waals surface area contributed by atoms with Gasteiger partial charge in [0, 0.05) is 20.0 Å². The quantitative estimate of drug-likeness (QED) is 0.698. The third-order valence-electron chi connectivity index (χ3n) is 5.89. The van der Waals surface area contributed by atoms with Crippen LogP contribution in [-0.4, -0.2) is 50.0 Å². The highest BCUT2D eigenvalue weighted by molar-refractivity contribution is 5.99. The molecule has 3 aromatic rings. The fraction of sp³-hybridized carbons (Fsp3) is 0.318. The first kappa shape index (κ1) is 20.6. The predicted octanol–water partition coefficient (Wildman–Crippen LogP) is 2.63. The number of carbonyl (C=O) groups is 2. The van der Waals surface area contributed by atoms with E-state index in [-0.39, 0.29) is 17.5 Å². The van der Waals surface area contributed by atoms with E-state index in [9.17, 15) is 14.0 Å². The van der Waals surface area contributed by atoms with Gasteiger partial charge in [-0.3, -0.25) is 9.59 Å². The Labute approximate surface area is 179 Å². The molecular weight excluding hydrogens is 399 g/mol. The molecule has 0 aliphatic carbocycles. The van der Waals surface area contributed by atoms with Crippen LogP contribution in [0, 0.1) is 12.7 Å². The minimum Gasteiger partial charge on any atom is -0.343 e. The van der Waals surface area contributed by atoms with Crippen LogP contribution in [0.4, 0.5) is 10.1 Å². The second-order valence-electron chi connectivity index (χ2n) is 7.71. The van der Waals surface area contributed by atoms with Crippen molar-refractivity contribution in [2.24, 2.45) is 0 Å². The topological polar surface area (TPSA) is 93.0 Å². The Balaban J connectivity index is 1.66. The molecule has 31 heavy (non-hydrogen) atoms. The Morgan fingerprint density at radius 3 is 2.42 bits per heavy atom. The molecule has 1 aliphatic heterocycles. The lowest BCUT2D eigenvalue weighted by atomic mass is 9.72. The molecule has 1 aromatic heterocycles. The summed E-state index contributed by atoms with van der Waals surface area (Å²) in [6.45, 7) is 4.18. The molecule has 0 radical (unpaired) electrons. The summed E-state index contributed by atoms with van der Waals surface area (Å²) >= 11 is 0. The maximum Gasteiger partial charge on any atom is 0.235 e. The number of carbonyl (C=O) groups excluding carboxylic acids is 2. The molecule has 1 fully saturated rings. The highest BCUT2D eigenvalue weighted by atomic mass is 19.1. The Hall–Kier alpha value is -3.62. The molecule has 9 heteroatoms. The van der Waals surface area contributed by atoms with Gasteiger partial charge in [-0.1, -0.05) is 30.3 Å². The molecule has 4 rings (SSSR count). The lowest BCUT2D eigenvalue weighted by Crippen LogP contribution is -2.50. The number of tetrazole rings is 1. The SMILES string of the molecule is CC(=O)N1CCC(C(=O)Nc2cc(-n3nnnc3C)ccc2F)(c2ccccc2)CC1. The molecule has 0 unspecified atom stereocenters. The fourth-order valence-corrected chi connectivity index (χ4v) is 4.06. The molecular formula is C22H23FN6O2. The van der Waals surface area contributed by atoms with E-state index in [1.165, 1.54) is 23.7 Å². The van der Waals surface area contributed by atoms with Crippen molar-refractivity contribution in [2.45, 2.75) is 32.1 Å². The average Bonchev–Trinajstić information content (AvgIpc) is 3.21. The van der Waals surface area contributed by atoms with E-state index < -0.39 is 11.2 Å². The first-order chi connectivity index (χ1) is 14.9. The summed E-state index contributed by atoms with van der Waals surface area (Å²) in [6, 6.07) is 13.8. The number of halogens is 1. The van der Waals surface area contributed by atoms with Gasteiger partial charge in [0.25, 0.3) is 0 Å². The van der Waals surface area contributed by atoms with Crippen LogP contribution in [0.1, 0.15) is 31.2 Å². The summed E-state index contributed by atoms with van der Waals surface area (Å²) in [5.74, 6) is -0.322. The number of rotatable bonds is 4. The van der Waals surface area contributed by atoms with Crippen LogP contribution in [0.5, 0.6) is 0 Å². The van der Waals surface area contributed by atoms with Crippen LogP contribution < -0.4 is 5.32 Å². The van der Waals surface area contributed by atoms with Crippen molar-refractivity contribution in [1.82, 2.24) is 25.1 Å². The predicted molar refractivity (Wildman–Crippen MR) is 112 cm³/mol. The summed E-state index contributed by atoms with van der Waals surface area (Å²) in [5, 5.41) is 14.1. The van der Waals surface area contributed by atoms with Crippen LogP contribution >= 0.6 is 0 Å². The van der Waals surface area contributed by atoms with Gasteiger partial charge in [-0.2, -0.15) is 4.68 Å². The van der Waals surface area contributed by atoms with Crippen molar-refractivity contribution in [3.63, 3.8) is 0 Å². The van der Waals surface area contributed by atoms with E-state index in [1.54, 1.807) is 17.9 Å². The zero-order chi connectivity index (χ0) is 22.0. The highest BCUT2D eigenvalue weighted by Gasteiger charge is 2.43. The lowest BCUT2D eigenvalue weighted by molar-refractivity contribution is -0.133. The monoisotopic (exact) mass is 422 g/mol. The summed E-state index contributed by atoms with van der Waals surface area (Å²) < 4.78 is 16.1. The maximum absolute atomic E-state index is 14.6. The van der Waals surface area contributed by atoms with E-state index in [1.807, 2.05) is 30.3 Å². The number of anilines is 1. The van der Waals surface area contributed by atoms with E-state index >= 15 is 0 Å². The Morgan fingerprint density at radius 2 is 1.81 bits per heavy atom. The van der Waals surface area contributed by atoms with E-state index in [0.29, 0.717) is 37.4 Å². The van der Waals surface area contributed by atoms with Gasteiger partial charge in [0.05, 0.1) is 16.8 Å². The van der Waals surface area contributed by atoms with Crippen molar-refractivity contribution >= 4 is 17.5 Å². The van der Waals surface area contributed by atoms with Crippen LogP contribution in [-0.2, 0) is 15.0 Å². The number of benzene rings is 2. The third-order valence-corrected chi connectivity index (χ3v) is 5.89. The van der Waals surface area contributed by atoms with Gasteiger partial charge in [-0.15, -0.1) is 5.10 Å². The molecule has 1 N–H and O–H groups in total. The molecule has 0 saturated carbocycles. The van der Waals surface area contributed by atoms with Crippen LogP contribution in [0.15, 0.2) is 48.5 Å². The number of hydrogen-bond donors (Lipinski definition) is 1. The van der Waals surface area contributed by atoms with E-state index in [0.717, 1.165) is 5.56 Å². The molecule has 0 spiro atoms. The fourth-order valence-electron chi connectivity index (χ4n) is 4.06. The molecule has 1 saturated heterocycles. The summed E-state index contributed by atoms with van der Waals surface area (Å²) in [7, 11) is 0. The number of aromatic nitrogens is 4. The normalized spacial score (nSPS) is 15.5. The van der Waals surface area contributed by atoms with Gasteiger partial charge >= 0.3 is 0 Å². The standard InChI is InChI=1S/C22H23FN6O2/c1-15-25-26-27-29(15)18-8-9-19(23)20(14-18)24-21(31)22(17-6-4-3-5-7-17)10-12-28(13-11-22)16(2)30/h3-9,14H,10-13H2,1-2H3,(H,24,31). The lowest BCUT2D eigenvalue weighted by Gasteiger charge is -2.40. The van der Waals surface area contributed by atoms with Gasteiger partial charge in [-0.05, 0) is 54.0 Å². The average molecular weight is 422 g/mol. The summed E-state index contributed by atoms with van der Waals surface area (Å²) in [4.78, 5) is 27.1. The Bertz CT molecular complexity index is 1110. The van der Waals surface area contributed by atoms with Crippen molar-refractivity contribution in [3.05, 3.63) is 65.7 Å². The Morgan fingerprint density at radius 1 is 1.10 bits per heavy atom. The zero-order valence-corrected chi connectivity index (χ0v) is 17.4. The van der Waals surface area contributed by atoms with Gasteiger partial charge in [-0.25, -0.2) is 4.39 Å². The van der Waals surface area contributed by atoms with Crippen molar-refractivity contribution < 1.29 is 14.0 Å². The molecule has 0 atom stereocenters. The van der Waals surface area contributed by atoms with Crippen molar-refractivity contribution in [3.8, 4) is 5.69 Å². The van der Waals surface area contributed by atoms with Crippen LogP contribution in [0.3, 0.4) is 0 Å². The molecule has 2 amide bonds. The molecule has 1 aliphatic rings. The minimum absolute atomic E-state index is 0.0161. The second-order valence-corrected chi connectivity index (χ2v) is 7.71. The van der Waals surface area contributed by atoms with Gasteiger partial charge in [0.2, 0.25) is 11.8 Å². The smallest absolute Gasteiger partial charge is 0.235 e. The van der Waals surface area contributed by atoms with Gasteiger partial charge in [0.1, 0.15) is 5.82 Å². The number of amides is 2. The van der Waals surface area contributed by atoms with Crippen LogP contribution in [0.25, 0.3) is 5.69 Å². The van der Waals surface area contributed by atoms with Gasteiger partial charge < -0.3 is 10.2 Å². The van der Waals surface area contributed by atoms with E-state index in [2.05, 4.69) is 20.8 Å². The molecule has 160 valence electrons. The summed E-state index contributed by atoms with van der Waals surface area (Å²) in [6.07, 6.45) is 0.908. The number of aryl methyl sites for hydroxylation is 1. The molecule has 2 heterocycles. The first-order valence-electron chi connectivity index (χ1n) is 10.1. The van der Waals surface area contributed by atoms with E-state index in [4.69, 9.17) is 0 Å².